The zero-order valence-corrected chi connectivity index (χ0v) is 9.17. The summed E-state index contributed by atoms with van der Waals surface area (Å²) in [5, 5.41) is 27.5. The molecule has 1 aromatic carbocycles. The van der Waals surface area contributed by atoms with Gasteiger partial charge in [-0.25, -0.2) is 4.79 Å². The third-order valence-corrected chi connectivity index (χ3v) is 2.50. The molecule has 0 saturated heterocycles. The molecule has 0 spiro atoms. The van der Waals surface area contributed by atoms with Crippen LogP contribution >= 0.6 is 0 Å². The quantitative estimate of drug-likeness (QED) is 0.625. The first kappa shape index (κ1) is 13.3. The summed E-state index contributed by atoms with van der Waals surface area (Å²) >= 11 is 0. The van der Waals surface area contributed by atoms with Gasteiger partial charge in [0, 0.05) is 12.0 Å². The highest BCUT2D eigenvalue weighted by atomic mass is 16.4. The maximum absolute atomic E-state index is 10.8. The zero-order chi connectivity index (χ0) is 12.8. The monoisotopic (exact) mass is 238 g/mol. The van der Waals surface area contributed by atoms with Crippen molar-refractivity contribution in [3.05, 3.63) is 34.9 Å². The van der Waals surface area contributed by atoms with Gasteiger partial charge < -0.3 is 20.1 Å². The molecule has 0 amide bonds. The molecule has 5 nitrogen and oxygen atoms in total. The minimum atomic E-state index is -1.68. The zero-order valence-electron chi connectivity index (χ0n) is 9.17. The van der Waals surface area contributed by atoms with Gasteiger partial charge in [0.25, 0.3) is 0 Å². The largest absolute Gasteiger partial charge is 0.479 e. The molecule has 0 fully saturated rings. The first-order chi connectivity index (χ1) is 8.11. The average Bonchev–Trinajstić information content (AvgIpc) is 2.34. The van der Waals surface area contributed by atoms with Crippen LogP contribution in [0.15, 0.2) is 18.2 Å². The number of carbonyl (C=O) groups excluding carboxylic acids is 1. The van der Waals surface area contributed by atoms with E-state index in [0.717, 1.165) is 6.29 Å². The van der Waals surface area contributed by atoms with Crippen LogP contribution in [0.2, 0.25) is 0 Å². The highest BCUT2D eigenvalue weighted by molar-refractivity contribution is 5.75. The Morgan fingerprint density at radius 3 is 2.53 bits per heavy atom. The number of aliphatic hydroxyl groups excluding tert-OH is 2. The molecule has 1 rings (SSSR count). The van der Waals surface area contributed by atoms with Gasteiger partial charge in [-0.2, -0.15) is 0 Å². The van der Waals surface area contributed by atoms with Gasteiger partial charge >= 0.3 is 5.97 Å². The molecule has 0 aromatic heterocycles. The lowest BCUT2D eigenvalue weighted by Crippen LogP contribution is -2.15. The van der Waals surface area contributed by atoms with Crippen molar-refractivity contribution >= 4 is 12.3 Å². The fourth-order valence-electron chi connectivity index (χ4n) is 1.71. The van der Waals surface area contributed by atoms with Crippen LogP contribution in [0.25, 0.3) is 0 Å². The van der Waals surface area contributed by atoms with Gasteiger partial charge in [0.1, 0.15) is 6.29 Å². The van der Waals surface area contributed by atoms with E-state index in [1.165, 1.54) is 0 Å². The molecule has 92 valence electrons. The van der Waals surface area contributed by atoms with Crippen LogP contribution in [-0.4, -0.2) is 27.6 Å². The van der Waals surface area contributed by atoms with Crippen LogP contribution < -0.4 is 0 Å². The second kappa shape index (κ2) is 6.12. The van der Waals surface area contributed by atoms with Crippen LogP contribution in [0.1, 0.15) is 29.2 Å². The molecule has 1 unspecified atom stereocenters. The Bertz CT molecular complexity index is 413. The van der Waals surface area contributed by atoms with Gasteiger partial charge in [-0.05, 0) is 17.5 Å². The first-order valence-electron chi connectivity index (χ1n) is 5.17. The number of rotatable bonds is 6. The third kappa shape index (κ3) is 3.12. The molecule has 1 aromatic rings. The van der Waals surface area contributed by atoms with Crippen LogP contribution in [-0.2, 0) is 22.6 Å². The lowest BCUT2D eigenvalue weighted by molar-refractivity contribution is -0.147. The number of hydrogen-bond acceptors (Lipinski definition) is 4. The first-order valence-corrected chi connectivity index (χ1v) is 5.17. The molecule has 0 radical (unpaired) electrons. The minimum absolute atomic E-state index is 0.185. The van der Waals surface area contributed by atoms with E-state index in [0.29, 0.717) is 17.5 Å². The van der Waals surface area contributed by atoms with Gasteiger partial charge in [-0.15, -0.1) is 0 Å². The smallest absolute Gasteiger partial charge is 0.337 e. The fraction of sp³-hybridized carbons (Fsp3) is 0.333. The third-order valence-electron chi connectivity index (χ3n) is 2.50. The normalized spacial score (nSPS) is 12.1. The Morgan fingerprint density at radius 2 is 2.00 bits per heavy atom. The number of aldehydes is 1. The predicted octanol–water partition coefficient (Wildman–Crippen LogP) is 0.428. The summed E-state index contributed by atoms with van der Waals surface area (Å²) < 4.78 is 0. The molecule has 0 aliphatic rings. The van der Waals surface area contributed by atoms with Crippen LogP contribution in [0.5, 0.6) is 0 Å². The van der Waals surface area contributed by atoms with Crippen molar-refractivity contribution in [3.8, 4) is 0 Å². The van der Waals surface area contributed by atoms with E-state index in [1.54, 1.807) is 18.2 Å². The molecule has 0 saturated carbocycles. The van der Waals surface area contributed by atoms with Crippen molar-refractivity contribution in [2.75, 3.05) is 0 Å². The van der Waals surface area contributed by atoms with Crippen molar-refractivity contribution in [3.63, 3.8) is 0 Å². The fourth-order valence-corrected chi connectivity index (χ4v) is 1.71. The Morgan fingerprint density at radius 1 is 1.35 bits per heavy atom. The van der Waals surface area contributed by atoms with E-state index in [9.17, 15) is 14.7 Å². The summed E-state index contributed by atoms with van der Waals surface area (Å²) in [5.41, 5.74) is 1.12. The van der Waals surface area contributed by atoms with Crippen molar-refractivity contribution in [2.24, 2.45) is 0 Å². The number of carboxylic acids is 1. The molecule has 17 heavy (non-hydrogen) atoms. The number of aliphatic carboxylic acids is 1. The number of carbonyl (C=O) groups is 2. The highest BCUT2D eigenvalue weighted by Gasteiger charge is 2.22. The van der Waals surface area contributed by atoms with Crippen molar-refractivity contribution < 1.29 is 24.9 Å². The van der Waals surface area contributed by atoms with E-state index < -0.39 is 12.1 Å². The molecule has 1 atom stereocenters. The average molecular weight is 238 g/mol. The van der Waals surface area contributed by atoms with Gasteiger partial charge in [-0.1, -0.05) is 18.2 Å². The van der Waals surface area contributed by atoms with E-state index >= 15 is 0 Å². The summed E-state index contributed by atoms with van der Waals surface area (Å²) in [6.45, 7) is -0.353. The number of aryl methyl sites for hydroxylation is 1. The van der Waals surface area contributed by atoms with E-state index in [2.05, 4.69) is 0 Å². The Labute approximate surface area is 98.3 Å². The molecule has 5 heteroatoms. The Balaban J connectivity index is 3.19. The molecular formula is C12H14O5. The summed E-state index contributed by atoms with van der Waals surface area (Å²) in [4.78, 5) is 21.1. The van der Waals surface area contributed by atoms with Crippen LogP contribution in [0.3, 0.4) is 0 Å². The molecule has 0 bridgehead atoms. The van der Waals surface area contributed by atoms with Crippen LogP contribution in [0.4, 0.5) is 0 Å². The predicted molar refractivity (Wildman–Crippen MR) is 59.3 cm³/mol. The van der Waals surface area contributed by atoms with Crippen LogP contribution in [0, 0.1) is 0 Å². The summed E-state index contributed by atoms with van der Waals surface area (Å²) in [5.74, 6) is -1.38. The number of carboxylic acid groups (broad SMARTS) is 1. The number of aliphatic hydroxyl groups is 2. The molecule has 0 heterocycles. The molecule has 0 aliphatic carbocycles. The summed E-state index contributed by atoms with van der Waals surface area (Å²) in [6.07, 6.45) is -0.367. The second-order valence-corrected chi connectivity index (χ2v) is 3.59. The van der Waals surface area contributed by atoms with Gasteiger partial charge in [0.15, 0.2) is 6.10 Å². The van der Waals surface area contributed by atoms with Gasteiger partial charge in [0.2, 0.25) is 0 Å². The standard InChI is InChI=1S/C12H14O5/c13-6-2-5-8-3-1-4-9(7-14)10(8)11(15)12(16)17/h1,3-4,6,11,14-15H,2,5,7H2,(H,16,17). The molecular weight excluding hydrogens is 224 g/mol. The number of benzene rings is 1. The number of hydrogen-bond donors (Lipinski definition) is 3. The summed E-state index contributed by atoms with van der Waals surface area (Å²) in [7, 11) is 0. The molecule has 3 N–H and O–H groups in total. The van der Waals surface area contributed by atoms with Crippen molar-refractivity contribution in [1.82, 2.24) is 0 Å². The van der Waals surface area contributed by atoms with E-state index in [1.807, 2.05) is 0 Å². The Hall–Kier alpha value is -1.72. The van der Waals surface area contributed by atoms with E-state index in [-0.39, 0.29) is 18.6 Å². The summed E-state index contributed by atoms with van der Waals surface area (Å²) in [6, 6.07) is 4.85. The Kier molecular flexibility index (Phi) is 4.81. The topological polar surface area (TPSA) is 94.8 Å². The lowest BCUT2D eigenvalue weighted by Gasteiger charge is -2.15. The van der Waals surface area contributed by atoms with Crippen molar-refractivity contribution in [2.45, 2.75) is 25.6 Å². The SMILES string of the molecule is O=CCCc1cccc(CO)c1C(O)C(=O)O. The van der Waals surface area contributed by atoms with Crippen molar-refractivity contribution in [1.29, 1.82) is 0 Å². The highest BCUT2D eigenvalue weighted by Crippen LogP contribution is 2.24. The van der Waals surface area contributed by atoms with E-state index in [4.69, 9.17) is 10.2 Å². The maximum Gasteiger partial charge on any atom is 0.337 e. The van der Waals surface area contributed by atoms with Gasteiger partial charge in [0.05, 0.1) is 6.61 Å². The van der Waals surface area contributed by atoms with Gasteiger partial charge in [-0.3, -0.25) is 0 Å². The maximum atomic E-state index is 10.8. The minimum Gasteiger partial charge on any atom is -0.479 e. The molecule has 0 aliphatic heterocycles. The second-order valence-electron chi connectivity index (χ2n) is 3.59. The lowest BCUT2D eigenvalue weighted by atomic mass is 9.94.